The molecule has 11 heteroatoms. The summed E-state index contributed by atoms with van der Waals surface area (Å²) in [5.74, 6) is 1.64. The number of carbonyl (C=O) groups excluding carboxylic acids is 1. The van der Waals surface area contributed by atoms with Crippen LogP contribution >= 0.6 is 0 Å². The average molecular weight is 569 g/mol. The molecule has 0 unspecified atom stereocenters. The van der Waals surface area contributed by atoms with Crippen LogP contribution in [0.3, 0.4) is 0 Å². The second-order valence-corrected chi connectivity index (χ2v) is 11.6. The van der Waals surface area contributed by atoms with Gasteiger partial charge in [0.25, 0.3) is 11.5 Å². The minimum absolute atomic E-state index is 0.0226. The molecule has 1 N–H and O–H groups in total. The predicted molar refractivity (Wildman–Crippen MR) is 163 cm³/mol. The Bertz CT molecular complexity index is 1770. The maximum atomic E-state index is 13.5. The number of pyridine rings is 1. The zero-order valence-corrected chi connectivity index (χ0v) is 24.7. The Hall–Kier alpha value is -4.51. The van der Waals surface area contributed by atoms with Gasteiger partial charge < -0.3 is 15.0 Å². The van der Waals surface area contributed by atoms with Crippen LogP contribution in [0.25, 0.3) is 16.9 Å². The number of ether oxygens (including phenoxy) is 1. The smallest absolute Gasteiger partial charge is 0.278 e. The van der Waals surface area contributed by atoms with Crippen molar-refractivity contribution in [1.82, 2.24) is 29.2 Å². The largest absolute Gasteiger partial charge is 0.480 e. The third kappa shape index (κ3) is 4.83. The molecule has 0 bridgehead atoms. The molecule has 0 saturated carbocycles. The molecule has 0 radical (unpaired) electrons. The molecule has 0 saturated heterocycles. The number of nitrogens with one attached hydrogen (secondary N) is 1. The Morgan fingerprint density at radius 2 is 1.98 bits per heavy atom. The van der Waals surface area contributed by atoms with Crippen molar-refractivity contribution in [2.45, 2.75) is 52.6 Å². The summed E-state index contributed by atoms with van der Waals surface area (Å²) in [6, 6.07) is 9.94. The van der Waals surface area contributed by atoms with E-state index in [1.165, 1.54) is 11.1 Å². The van der Waals surface area contributed by atoms with Crippen LogP contribution in [0.1, 0.15) is 45.2 Å². The van der Waals surface area contributed by atoms with Gasteiger partial charge in [0.1, 0.15) is 5.39 Å². The van der Waals surface area contributed by atoms with Crippen LogP contribution in [0.4, 0.5) is 17.5 Å². The highest BCUT2D eigenvalue weighted by Gasteiger charge is 2.31. The number of amides is 1. The van der Waals surface area contributed by atoms with Crippen LogP contribution in [0.2, 0.25) is 0 Å². The maximum absolute atomic E-state index is 13.5. The molecule has 0 fully saturated rings. The van der Waals surface area contributed by atoms with Gasteiger partial charge in [-0.2, -0.15) is 4.98 Å². The SMILES string of the molecule is C/C=C\Cn1c(=O)c2cnc(Nc3ccc4c(c3)CN(C)CC4(C)C)nc2n1-c1ccc2c(n1)N(CCC)C(=O)CO2. The van der Waals surface area contributed by atoms with E-state index in [1.807, 2.05) is 32.1 Å². The number of hydrogen-bond donors (Lipinski definition) is 1. The number of aromatic nitrogens is 5. The van der Waals surface area contributed by atoms with E-state index in [-0.39, 0.29) is 23.5 Å². The number of benzene rings is 1. The standard InChI is InChI=1S/C31H36N8O3/c1-6-8-14-38-29(41)22-16-32-30(33-21-9-10-23-20(15-21)17-36(5)19-31(23,3)4)35-27(22)39(38)25-12-11-24-28(34-25)37(13-7-2)26(40)18-42-24/h6,8-12,15-16H,7,13-14,17-19H2,1-5H3,(H,32,33,35)/b8-6-. The average Bonchev–Trinajstić information content (AvgIpc) is 3.22. The lowest BCUT2D eigenvalue weighted by molar-refractivity contribution is -0.121. The molecule has 3 aromatic heterocycles. The highest BCUT2D eigenvalue weighted by atomic mass is 16.5. The van der Waals surface area contributed by atoms with Crippen LogP contribution in [0, 0.1) is 0 Å². The number of hydrogen-bond acceptors (Lipinski definition) is 8. The lowest BCUT2D eigenvalue weighted by Gasteiger charge is -2.38. The fourth-order valence-corrected chi connectivity index (χ4v) is 6.03. The van der Waals surface area contributed by atoms with Gasteiger partial charge in [-0.25, -0.2) is 19.3 Å². The van der Waals surface area contributed by atoms with Gasteiger partial charge in [0.15, 0.2) is 29.6 Å². The second kappa shape index (κ2) is 10.7. The third-order valence-corrected chi connectivity index (χ3v) is 7.78. The lowest BCUT2D eigenvalue weighted by atomic mass is 9.78. The Kier molecular flexibility index (Phi) is 7.05. The van der Waals surface area contributed by atoms with E-state index in [0.717, 1.165) is 25.2 Å². The number of anilines is 3. The van der Waals surface area contributed by atoms with E-state index < -0.39 is 0 Å². The number of fused-ring (bicyclic) bond motifs is 3. The summed E-state index contributed by atoms with van der Waals surface area (Å²) in [4.78, 5) is 44.3. The summed E-state index contributed by atoms with van der Waals surface area (Å²) >= 11 is 0. The molecule has 4 aromatic rings. The summed E-state index contributed by atoms with van der Waals surface area (Å²) in [5, 5.41) is 3.72. The van der Waals surface area contributed by atoms with Gasteiger partial charge in [-0.1, -0.05) is 39.0 Å². The fraction of sp³-hybridized carbons (Fsp3) is 0.387. The van der Waals surface area contributed by atoms with Crippen molar-refractivity contribution < 1.29 is 9.53 Å². The van der Waals surface area contributed by atoms with E-state index in [0.29, 0.717) is 47.5 Å². The third-order valence-electron chi connectivity index (χ3n) is 7.78. The van der Waals surface area contributed by atoms with Crippen LogP contribution < -0.4 is 20.5 Å². The molecule has 0 spiro atoms. The van der Waals surface area contributed by atoms with Crippen molar-refractivity contribution in [1.29, 1.82) is 0 Å². The monoisotopic (exact) mass is 568 g/mol. The summed E-state index contributed by atoms with van der Waals surface area (Å²) in [6.45, 7) is 11.1. The zero-order chi connectivity index (χ0) is 29.6. The van der Waals surface area contributed by atoms with Crippen molar-refractivity contribution >= 4 is 34.4 Å². The van der Waals surface area contributed by atoms with Crippen molar-refractivity contribution in [3.05, 3.63) is 70.2 Å². The number of allylic oxidation sites excluding steroid dienone is 2. The minimum Gasteiger partial charge on any atom is -0.480 e. The molecule has 2 aliphatic rings. The Morgan fingerprint density at radius 3 is 2.76 bits per heavy atom. The number of nitrogens with zero attached hydrogens (tertiary/aromatic N) is 7. The van der Waals surface area contributed by atoms with Crippen molar-refractivity contribution in [2.75, 3.05) is 37.0 Å². The van der Waals surface area contributed by atoms with Gasteiger partial charge in [-0.05, 0) is 55.8 Å². The van der Waals surface area contributed by atoms with Crippen LogP contribution in [0.15, 0.2) is 53.5 Å². The lowest BCUT2D eigenvalue weighted by Crippen LogP contribution is -2.40. The molecule has 42 heavy (non-hydrogen) atoms. The van der Waals surface area contributed by atoms with E-state index >= 15 is 0 Å². The normalized spacial score (nSPS) is 16.5. The highest BCUT2D eigenvalue weighted by Crippen LogP contribution is 2.35. The van der Waals surface area contributed by atoms with Gasteiger partial charge >= 0.3 is 0 Å². The van der Waals surface area contributed by atoms with Crippen LogP contribution in [-0.4, -0.2) is 61.9 Å². The van der Waals surface area contributed by atoms with Crippen molar-refractivity contribution in [3.63, 3.8) is 0 Å². The molecule has 1 amide bonds. The first-order valence-corrected chi connectivity index (χ1v) is 14.3. The first kappa shape index (κ1) is 27.6. The second-order valence-electron chi connectivity index (χ2n) is 11.6. The molecule has 6 rings (SSSR count). The van der Waals surface area contributed by atoms with E-state index in [2.05, 4.69) is 48.2 Å². The number of likely N-dealkylation sites (N-methyl/N-ethyl adjacent to an activating group) is 1. The van der Waals surface area contributed by atoms with Crippen LogP contribution in [0.5, 0.6) is 5.75 Å². The Morgan fingerprint density at radius 1 is 1.14 bits per heavy atom. The molecule has 11 nitrogen and oxygen atoms in total. The maximum Gasteiger partial charge on any atom is 0.278 e. The predicted octanol–water partition coefficient (Wildman–Crippen LogP) is 4.16. The van der Waals surface area contributed by atoms with Crippen molar-refractivity contribution in [3.8, 4) is 11.6 Å². The van der Waals surface area contributed by atoms with E-state index in [4.69, 9.17) is 14.7 Å². The fourth-order valence-electron chi connectivity index (χ4n) is 6.03. The summed E-state index contributed by atoms with van der Waals surface area (Å²) in [7, 11) is 2.14. The minimum atomic E-state index is -0.231. The van der Waals surface area contributed by atoms with E-state index in [1.54, 1.807) is 32.6 Å². The quantitative estimate of drug-likeness (QED) is 0.331. The van der Waals surface area contributed by atoms with Gasteiger partial charge in [0.05, 0.1) is 6.54 Å². The Labute approximate surface area is 244 Å². The van der Waals surface area contributed by atoms with Crippen molar-refractivity contribution in [2.24, 2.45) is 0 Å². The Balaban J connectivity index is 1.45. The molecule has 0 aliphatic carbocycles. The van der Waals surface area contributed by atoms with Crippen LogP contribution in [-0.2, 0) is 23.3 Å². The first-order chi connectivity index (χ1) is 20.2. The van der Waals surface area contributed by atoms with Gasteiger partial charge in [0.2, 0.25) is 5.95 Å². The molecule has 218 valence electrons. The topological polar surface area (TPSA) is 110 Å². The van der Waals surface area contributed by atoms with Gasteiger partial charge in [-0.3, -0.25) is 14.5 Å². The number of rotatable bonds is 7. The molecular formula is C31H36N8O3. The van der Waals surface area contributed by atoms with Gasteiger partial charge in [-0.15, -0.1) is 0 Å². The molecular weight excluding hydrogens is 532 g/mol. The molecule has 1 aromatic carbocycles. The number of carbonyl (C=O) groups is 1. The van der Waals surface area contributed by atoms with E-state index in [9.17, 15) is 9.59 Å². The van der Waals surface area contributed by atoms with Gasteiger partial charge in [0, 0.05) is 36.9 Å². The summed E-state index contributed by atoms with van der Waals surface area (Å²) in [6.07, 6.45) is 6.11. The highest BCUT2D eigenvalue weighted by molar-refractivity contribution is 5.96. The molecule has 0 atom stereocenters. The first-order valence-electron chi connectivity index (χ1n) is 14.3. The molecule has 2 aliphatic heterocycles. The summed E-state index contributed by atoms with van der Waals surface area (Å²) in [5.41, 5.74) is 3.73. The molecule has 5 heterocycles. The zero-order valence-electron chi connectivity index (χ0n) is 24.7. The summed E-state index contributed by atoms with van der Waals surface area (Å²) < 4.78 is 8.92.